The van der Waals surface area contributed by atoms with Crippen LogP contribution in [0.25, 0.3) is 0 Å². The topological polar surface area (TPSA) is 6.48 Å². The molecule has 0 amide bonds. The molecule has 0 aliphatic carbocycles. The Bertz CT molecular complexity index is 615. The predicted octanol–water partition coefficient (Wildman–Crippen LogP) is 2.12. The zero-order chi connectivity index (χ0) is 17.0. The summed E-state index contributed by atoms with van der Waals surface area (Å²) >= 11 is -1.84. The van der Waals surface area contributed by atoms with Gasteiger partial charge in [-0.25, -0.2) is 0 Å². The Morgan fingerprint density at radius 2 is 1.13 bits per heavy atom. The molecule has 0 bridgehead atoms. The van der Waals surface area contributed by atoms with Crippen LogP contribution < -0.4 is 6.14 Å². The molecular formula is C18H22F2HgN2. The van der Waals surface area contributed by atoms with Crippen molar-refractivity contribution in [1.82, 2.24) is 9.80 Å². The number of benzene rings is 2. The monoisotopic (exact) mass is 506 g/mol. The summed E-state index contributed by atoms with van der Waals surface area (Å²) in [4.78, 5) is 4.16. The van der Waals surface area contributed by atoms with E-state index in [1.54, 1.807) is 12.1 Å². The van der Waals surface area contributed by atoms with Crippen LogP contribution in [0.1, 0.15) is 11.1 Å². The molecule has 0 radical (unpaired) electrons. The second kappa shape index (κ2) is 8.31. The number of rotatable bonds is 6. The molecule has 0 atom stereocenters. The third kappa shape index (κ3) is 5.62. The van der Waals surface area contributed by atoms with Gasteiger partial charge in [0.2, 0.25) is 0 Å². The average molecular weight is 505 g/mol. The van der Waals surface area contributed by atoms with Gasteiger partial charge in [-0.15, -0.1) is 0 Å². The number of hydrogen-bond donors (Lipinski definition) is 0. The van der Waals surface area contributed by atoms with Crippen molar-refractivity contribution in [2.75, 3.05) is 28.2 Å². The molecule has 0 heterocycles. The predicted molar refractivity (Wildman–Crippen MR) is 86.9 cm³/mol. The van der Waals surface area contributed by atoms with Gasteiger partial charge in [0.25, 0.3) is 0 Å². The number of nitrogens with zero attached hydrogens (tertiary/aromatic N) is 2. The van der Waals surface area contributed by atoms with Gasteiger partial charge in [-0.2, -0.15) is 0 Å². The molecule has 0 aromatic heterocycles. The minimum absolute atomic E-state index is 0.201. The van der Waals surface area contributed by atoms with Crippen LogP contribution in [0.5, 0.6) is 0 Å². The van der Waals surface area contributed by atoms with Gasteiger partial charge in [-0.3, -0.25) is 0 Å². The maximum absolute atomic E-state index is 13.7. The normalized spacial score (nSPS) is 11.1. The van der Waals surface area contributed by atoms with E-state index in [-0.39, 0.29) is 11.6 Å². The SMILES string of the molecule is CN(C)Cc1ccc(F)c[c]1[Hg][c]1cc(F)ccc1CN(C)C. The molecule has 0 aliphatic rings. The van der Waals surface area contributed by atoms with Gasteiger partial charge in [0.05, 0.1) is 0 Å². The molecule has 0 saturated heterocycles. The average Bonchev–Trinajstić information content (AvgIpc) is 2.44. The quantitative estimate of drug-likeness (QED) is 0.556. The summed E-state index contributed by atoms with van der Waals surface area (Å²) in [7, 11) is 8.01. The zero-order valence-electron chi connectivity index (χ0n) is 14.2. The minimum atomic E-state index is -1.84. The Morgan fingerprint density at radius 3 is 1.48 bits per heavy atom. The molecule has 0 fully saturated rings. The Hall–Kier alpha value is -0.845. The standard InChI is InChI=1S/2C9H11FN.Hg/c2*1-11(2)7-8-3-5-9(10)6-4-8;/h2*3,5-6H,7H2,1-2H3;. The Labute approximate surface area is 149 Å². The molecule has 120 valence electrons. The molecule has 2 rings (SSSR count). The second-order valence-electron chi connectivity index (χ2n) is 6.48. The second-order valence-corrected chi connectivity index (χ2v) is 13.8. The molecule has 2 aromatic carbocycles. The summed E-state index contributed by atoms with van der Waals surface area (Å²) in [5.41, 5.74) is 2.33. The van der Waals surface area contributed by atoms with Gasteiger partial charge < -0.3 is 0 Å². The van der Waals surface area contributed by atoms with Crippen LogP contribution in [-0.4, -0.2) is 38.0 Å². The van der Waals surface area contributed by atoms with Crippen molar-refractivity contribution in [2.24, 2.45) is 0 Å². The van der Waals surface area contributed by atoms with Crippen LogP contribution in [0, 0.1) is 11.6 Å². The Balaban J connectivity index is 2.38. The van der Waals surface area contributed by atoms with Crippen molar-refractivity contribution in [1.29, 1.82) is 0 Å². The van der Waals surface area contributed by atoms with E-state index in [4.69, 9.17) is 0 Å². The first kappa shape index (κ1) is 18.5. The first-order chi connectivity index (χ1) is 10.8. The molecule has 5 heteroatoms. The fourth-order valence-electron chi connectivity index (χ4n) is 2.71. The van der Waals surface area contributed by atoms with Gasteiger partial charge in [-0.1, -0.05) is 0 Å². The summed E-state index contributed by atoms with van der Waals surface area (Å²) in [5.74, 6) is -0.402. The first-order valence-corrected chi connectivity index (χ1v) is 13.2. The molecule has 0 spiro atoms. The van der Waals surface area contributed by atoms with Crippen LogP contribution in [0.15, 0.2) is 36.4 Å². The van der Waals surface area contributed by atoms with E-state index in [1.165, 1.54) is 12.1 Å². The summed E-state index contributed by atoms with van der Waals surface area (Å²) in [6, 6.07) is 10.1. The van der Waals surface area contributed by atoms with Gasteiger partial charge in [0, 0.05) is 0 Å². The van der Waals surface area contributed by atoms with Crippen LogP contribution >= 0.6 is 0 Å². The van der Waals surface area contributed by atoms with Crippen LogP contribution in [0.2, 0.25) is 0 Å². The van der Waals surface area contributed by atoms with Gasteiger partial charge >= 0.3 is 150 Å². The van der Waals surface area contributed by atoms with Gasteiger partial charge in [0.15, 0.2) is 0 Å². The first-order valence-electron chi connectivity index (χ1n) is 7.69. The van der Waals surface area contributed by atoms with Gasteiger partial charge in [0.1, 0.15) is 0 Å². The van der Waals surface area contributed by atoms with E-state index in [1.807, 2.05) is 40.3 Å². The van der Waals surface area contributed by atoms with Crippen molar-refractivity contribution >= 4 is 6.14 Å². The molecule has 0 saturated carbocycles. The van der Waals surface area contributed by atoms with Crippen molar-refractivity contribution in [3.8, 4) is 0 Å². The summed E-state index contributed by atoms with van der Waals surface area (Å²) in [5, 5.41) is 0. The number of hydrogen-bond acceptors (Lipinski definition) is 2. The van der Waals surface area contributed by atoms with E-state index >= 15 is 0 Å². The van der Waals surface area contributed by atoms with Crippen LogP contribution in [0.3, 0.4) is 0 Å². The van der Waals surface area contributed by atoms with Gasteiger partial charge in [-0.05, 0) is 0 Å². The van der Waals surface area contributed by atoms with Crippen molar-refractivity contribution in [2.45, 2.75) is 13.1 Å². The molecule has 23 heavy (non-hydrogen) atoms. The summed E-state index contributed by atoms with van der Waals surface area (Å²) in [6.45, 7) is 1.57. The Kier molecular flexibility index (Phi) is 6.68. The van der Waals surface area contributed by atoms with E-state index in [2.05, 4.69) is 9.80 Å². The van der Waals surface area contributed by atoms with Crippen molar-refractivity contribution < 1.29 is 33.4 Å². The Morgan fingerprint density at radius 1 is 0.739 bits per heavy atom. The molecular weight excluding hydrogens is 483 g/mol. The third-order valence-electron chi connectivity index (χ3n) is 3.69. The van der Waals surface area contributed by atoms with Crippen molar-refractivity contribution in [3.05, 3.63) is 59.2 Å². The molecule has 0 N–H and O–H groups in total. The fourth-order valence-corrected chi connectivity index (χ4v) is 10.2. The zero-order valence-corrected chi connectivity index (χ0v) is 19.7. The fraction of sp³-hybridized carbons (Fsp3) is 0.333. The molecule has 0 unspecified atom stereocenters. The van der Waals surface area contributed by atoms with E-state index in [0.29, 0.717) is 0 Å². The van der Waals surface area contributed by atoms with E-state index < -0.39 is 24.6 Å². The van der Waals surface area contributed by atoms with E-state index in [0.717, 1.165) is 30.4 Å². The van der Waals surface area contributed by atoms with Crippen LogP contribution in [0.4, 0.5) is 8.78 Å². The van der Waals surface area contributed by atoms with Crippen LogP contribution in [-0.2, 0) is 37.7 Å². The summed E-state index contributed by atoms with van der Waals surface area (Å²) < 4.78 is 29.7. The molecule has 2 aromatic rings. The maximum atomic E-state index is 13.7. The molecule has 2 nitrogen and oxygen atoms in total. The molecule has 0 aliphatic heterocycles. The number of halogens is 2. The van der Waals surface area contributed by atoms with Crippen molar-refractivity contribution in [3.63, 3.8) is 0 Å². The van der Waals surface area contributed by atoms with E-state index in [9.17, 15) is 8.78 Å². The third-order valence-corrected chi connectivity index (χ3v) is 11.8. The summed E-state index contributed by atoms with van der Waals surface area (Å²) in [6.07, 6.45) is 0.